The lowest BCUT2D eigenvalue weighted by molar-refractivity contribution is -0.388. The van der Waals surface area contributed by atoms with Crippen LogP contribution in [0.5, 0.6) is 0 Å². The number of carbonyl (C=O) groups is 1. The van der Waals surface area contributed by atoms with E-state index < -0.39 is 56.5 Å². The maximum atomic E-state index is 14.7. The fourth-order valence-electron chi connectivity index (χ4n) is 2.54. The average Bonchev–Trinajstić information content (AvgIpc) is 2.75. The number of aliphatic hydroxyl groups excluding tert-OH is 1. The minimum atomic E-state index is -1.97. The number of nitrogens with zero attached hydrogens (tertiary/aromatic N) is 2. The number of rotatable bonds is 8. The van der Waals surface area contributed by atoms with Crippen molar-refractivity contribution >= 4 is 29.3 Å². The number of ether oxygens (including phenoxy) is 1. The van der Waals surface area contributed by atoms with Gasteiger partial charge < -0.3 is 9.84 Å². The Morgan fingerprint density at radius 3 is 2.42 bits per heavy atom. The molecule has 2 aromatic carbocycles. The SMILES string of the molecule is CCCCOC(=O)/C(C=Nc1ccccc1)=C(/O)c1c(F)c(C)c(F)c(F)c1[N+](=O)[O-]. The molecule has 0 aliphatic carbocycles. The zero-order chi connectivity index (χ0) is 23.1. The van der Waals surface area contributed by atoms with Crippen molar-refractivity contribution in [3.8, 4) is 0 Å². The maximum absolute atomic E-state index is 14.7. The van der Waals surface area contributed by atoms with Crippen LogP contribution in [0.25, 0.3) is 5.76 Å². The first kappa shape index (κ1) is 23.6. The Morgan fingerprint density at radius 2 is 1.84 bits per heavy atom. The van der Waals surface area contributed by atoms with Crippen molar-refractivity contribution in [2.24, 2.45) is 4.99 Å². The fraction of sp³-hybridized carbons (Fsp3) is 0.238. The van der Waals surface area contributed by atoms with Crippen LogP contribution in [-0.2, 0) is 9.53 Å². The van der Waals surface area contributed by atoms with Gasteiger partial charge in [-0.3, -0.25) is 15.1 Å². The van der Waals surface area contributed by atoms with E-state index in [2.05, 4.69) is 4.99 Å². The highest BCUT2D eigenvalue weighted by atomic mass is 19.2. The molecule has 0 spiro atoms. The third-order valence-electron chi connectivity index (χ3n) is 4.24. The lowest BCUT2D eigenvalue weighted by atomic mass is 10.0. The van der Waals surface area contributed by atoms with Gasteiger partial charge in [0.25, 0.3) is 0 Å². The van der Waals surface area contributed by atoms with Crippen LogP contribution < -0.4 is 0 Å². The summed E-state index contributed by atoms with van der Waals surface area (Å²) >= 11 is 0. The van der Waals surface area contributed by atoms with E-state index in [4.69, 9.17) is 4.74 Å². The van der Waals surface area contributed by atoms with Gasteiger partial charge in [0.15, 0.2) is 5.82 Å². The predicted molar refractivity (Wildman–Crippen MR) is 108 cm³/mol. The molecule has 0 unspecified atom stereocenters. The van der Waals surface area contributed by atoms with Gasteiger partial charge in [0.05, 0.1) is 17.2 Å². The largest absolute Gasteiger partial charge is 0.506 e. The van der Waals surface area contributed by atoms with Crippen molar-refractivity contribution in [1.29, 1.82) is 0 Å². The number of hydrogen-bond acceptors (Lipinski definition) is 6. The Labute approximate surface area is 175 Å². The van der Waals surface area contributed by atoms with Crippen LogP contribution in [0, 0.1) is 34.5 Å². The zero-order valence-electron chi connectivity index (χ0n) is 16.7. The molecular formula is C21H19F3N2O5. The molecule has 0 radical (unpaired) electrons. The molecule has 0 saturated heterocycles. The lowest BCUT2D eigenvalue weighted by Crippen LogP contribution is -2.15. The number of aliphatic hydroxyl groups is 1. The third-order valence-corrected chi connectivity index (χ3v) is 4.24. The van der Waals surface area contributed by atoms with Gasteiger partial charge in [-0.1, -0.05) is 31.5 Å². The summed E-state index contributed by atoms with van der Waals surface area (Å²) in [6, 6.07) is 8.09. The number of hydrogen-bond donors (Lipinski definition) is 1. The van der Waals surface area contributed by atoms with Gasteiger partial charge in [0.1, 0.15) is 22.7 Å². The van der Waals surface area contributed by atoms with Gasteiger partial charge in [-0.15, -0.1) is 0 Å². The summed E-state index contributed by atoms with van der Waals surface area (Å²) in [5.41, 5.74) is -4.24. The van der Waals surface area contributed by atoms with E-state index in [9.17, 15) is 33.2 Å². The molecule has 0 saturated carbocycles. The van der Waals surface area contributed by atoms with Crippen LogP contribution in [0.1, 0.15) is 30.9 Å². The summed E-state index contributed by atoms with van der Waals surface area (Å²) < 4.78 is 47.8. The molecule has 0 amide bonds. The zero-order valence-corrected chi connectivity index (χ0v) is 16.7. The summed E-state index contributed by atoms with van der Waals surface area (Å²) in [5.74, 6) is -7.79. The van der Waals surface area contributed by atoms with Crippen LogP contribution in [0.2, 0.25) is 0 Å². The third kappa shape index (κ3) is 5.27. The minimum absolute atomic E-state index is 0.0489. The molecule has 31 heavy (non-hydrogen) atoms. The molecule has 2 aromatic rings. The quantitative estimate of drug-likeness (QED) is 0.0880. The molecule has 0 heterocycles. The number of benzene rings is 2. The minimum Gasteiger partial charge on any atom is -0.506 e. The van der Waals surface area contributed by atoms with Gasteiger partial charge in [0, 0.05) is 11.8 Å². The van der Waals surface area contributed by atoms with Gasteiger partial charge in [-0.2, -0.15) is 4.39 Å². The van der Waals surface area contributed by atoms with Gasteiger partial charge in [-0.05, 0) is 25.5 Å². The Hall–Kier alpha value is -3.69. The highest BCUT2D eigenvalue weighted by Gasteiger charge is 2.35. The second-order valence-corrected chi connectivity index (χ2v) is 6.39. The Bertz CT molecular complexity index is 1050. The molecule has 0 fully saturated rings. The molecule has 1 N–H and O–H groups in total. The molecule has 0 aromatic heterocycles. The van der Waals surface area contributed by atoms with Gasteiger partial charge in [-0.25, -0.2) is 13.6 Å². The average molecular weight is 436 g/mol. The van der Waals surface area contributed by atoms with Crippen LogP contribution >= 0.6 is 0 Å². The first-order chi connectivity index (χ1) is 14.7. The van der Waals surface area contributed by atoms with Crippen molar-refractivity contribution in [1.82, 2.24) is 0 Å². The first-order valence-electron chi connectivity index (χ1n) is 9.21. The predicted octanol–water partition coefficient (Wildman–Crippen LogP) is 5.34. The van der Waals surface area contributed by atoms with E-state index in [1.165, 1.54) is 0 Å². The molecule has 0 aliphatic rings. The molecule has 7 nitrogen and oxygen atoms in total. The normalized spacial score (nSPS) is 12.0. The highest BCUT2D eigenvalue weighted by Crippen LogP contribution is 2.35. The smallest absolute Gasteiger partial charge is 0.343 e. The number of carbonyl (C=O) groups excluding carboxylic acids is 1. The summed E-state index contributed by atoms with van der Waals surface area (Å²) in [6.07, 6.45) is 1.98. The lowest BCUT2D eigenvalue weighted by Gasteiger charge is -2.11. The van der Waals surface area contributed by atoms with Crippen LogP contribution in [0.4, 0.5) is 24.5 Å². The second kappa shape index (κ2) is 10.4. The highest BCUT2D eigenvalue weighted by molar-refractivity contribution is 6.15. The number of esters is 1. The van der Waals surface area contributed by atoms with E-state index in [0.717, 1.165) is 13.1 Å². The molecule has 164 valence electrons. The summed E-state index contributed by atoms with van der Waals surface area (Å²) in [5, 5.41) is 21.9. The van der Waals surface area contributed by atoms with Crippen LogP contribution in [0.3, 0.4) is 0 Å². The molecule has 0 atom stereocenters. The number of nitro benzene ring substituents is 1. The van der Waals surface area contributed by atoms with Crippen molar-refractivity contribution < 1.29 is 32.7 Å². The van der Waals surface area contributed by atoms with Crippen LogP contribution in [0.15, 0.2) is 40.9 Å². The number of halogens is 3. The summed E-state index contributed by atoms with van der Waals surface area (Å²) in [7, 11) is 0. The molecule has 0 aliphatic heterocycles. The van der Waals surface area contributed by atoms with Crippen LogP contribution in [-0.4, -0.2) is 28.8 Å². The van der Waals surface area contributed by atoms with E-state index in [-0.39, 0.29) is 6.61 Å². The second-order valence-electron chi connectivity index (χ2n) is 6.39. The Kier molecular flexibility index (Phi) is 7.89. The monoisotopic (exact) mass is 436 g/mol. The molecule has 2 rings (SSSR count). The number of aliphatic imine (C=N–C) groups is 1. The molecule has 10 heteroatoms. The summed E-state index contributed by atoms with van der Waals surface area (Å²) in [6.45, 7) is 2.62. The van der Waals surface area contributed by atoms with E-state index in [1.807, 2.05) is 6.92 Å². The summed E-state index contributed by atoms with van der Waals surface area (Å²) in [4.78, 5) is 26.4. The Balaban J connectivity index is 2.73. The van der Waals surface area contributed by atoms with Gasteiger partial charge >= 0.3 is 11.7 Å². The van der Waals surface area contributed by atoms with E-state index in [1.54, 1.807) is 30.3 Å². The number of unbranched alkanes of at least 4 members (excludes halogenated alkanes) is 1. The van der Waals surface area contributed by atoms with Crippen molar-refractivity contribution in [3.63, 3.8) is 0 Å². The molecular weight excluding hydrogens is 417 g/mol. The first-order valence-corrected chi connectivity index (χ1v) is 9.21. The van der Waals surface area contributed by atoms with E-state index in [0.29, 0.717) is 18.5 Å². The molecule has 0 bridgehead atoms. The maximum Gasteiger partial charge on any atom is 0.343 e. The Morgan fingerprint density at radius 1 is 1.19 bits per heavy atom. The fourth-order valence-corrected chi connectivity index (χ4v) is 2.54. The number of para-hydroxylation sites is 1. The van der Waals surface area contributed by atoms with Crippen molar-refractivity contribution in [2.75, 3.05) is 6.61 Å². The van der Waals surface area contributed by atoms with Crippen molar-refractivity contribution in [2.45, 2.75) is 26.7 Å². The topological polar surface area (TPSA) is 102 Å². The van der Waals surface area contributed by atoms with E-state index >= 15 is 0 Å². The number of nitro groups is 1. The standard InChI is InChI=1S/C21H19F3N2O5/c1-3-4-10-31-21(28)14(11-25-13-8-6-5-7-9-13)20(27)15-16(22)12(2)17(23)18(24)19(15)26(29)30/h5-9,11,27H,3-4,10H2,1-2H3/b20-14+,25-11?. The van der Waals surface area contributed by atoms with Crippen molar-refractivity contribution in [3.05, 3.63) is 74.6 Å². The van der Waals surface area contributed by atoms with Gasteiger partial charge in [0.2, 0.25) is 5.82 Å².